The molecule has 0 aromatic heterocycles. The molecule has 1 aliphatic heterocycles. The molecule has 1 heterocycles. The number of piperidine rings is 1. The first kappa shape index (κ1) is 16.2. The Hall–Kier alpha value is 0.210. The lowest BCUT2D eigenvalue weighted by Gasteiger charge is -2.35. The minimum Gasteiger partial charge on any atom is -0.317 e. The fourth-order valence-corrected chi connectivity index (χ4v) is 2.40. The molecule has 1 fully saturated rings. The minimum atomic E-state index is 0. The predicted molar refractivity (Wildman–Crippen MR) is 74.4 cm³/mol. The van der Waals surface area contributed by atoms with Gasteiger partial charge in [-0.1, -0.05) is 20.8 Å². The molecule has 1 rings (SSSR count). The van der Waals surface area contributed by atoms with Crippen LogP contribution in [0.4, 0.5) is 0 Å². The number of halogens is 1. The first-order chi connectivity index (χ1) is 7.15. The lowest BCUT2D eigenvalue weighted by molar-refractivity contribution is 0.138. The Bertz CT molecular complexity index is 167. The average Bonchev–Trinajstić information content (AvgIpc) is 2.26. The van der Waals surface area contributed by atoms with E-state index in [9.17, 15) is 0 Å². The van der Waals surface area contributed by atoms with Gasteiger partial charge in [0.1, 0.15) is 0 Å². The van der Waals surface area contributed by atoms with E-state index in [4.69, 9.17) is 0 Å². The topological polar surface area (TPSA) is 15.3 Å². The van der Waals surface area contributed by atoms with Crippen LogP contribution in [-0.2, 0) is 0 Å². The highest BCUT2D eigenvalue weighted by Gasteiger charge is 2.20. The van der Waals surface area contributed by atoms with E-state index in [2.05, 4.69) is 37.9 Å². The van der Waals surface area contributed by atoms with Crippen LogP contribution in [0.15, 0.2) is 0 Å². The second-order valence-corrected chi connectivity index (χ2v) is 5.27. The molecule has 2 nitrogen and oxygen atoms in total. The second-order valence-electron chi connectivity index (χ2n) is 5.27. The molecule has 0 spiro atoms. The SMILES string of the molecule is CCN(CC1CCNCC1)C(C)C(C)C.Cl. The van der Waals surface area contributed by atoms with E-state index in [1.165, 1.54) is 39.0 Å². The van der Waals surface area contributed by atoms with Gasteiger partial charge in [0.25, 0.3) is 0 Å². The van der Waals surface area contributed by atoms with Gasteiger partial charge in [-0.05, 0) is 51.2 Å². The van der Waals surface area contributed by atoms with Crippen LogP contribution >= 0.6 is 12.4 Å². The minimum absolute atomic E-state index is 0. The summed E-state index contributed by atoms with van der Waals surface area (Å²) >= 11 is 0. The van der Waals surface area contributed by atoms with Crippen molar-refractivity contribution >= 4 is 12.4 Å². The van der Waals surface area contributed by atoms with Crippen LogP contribution < -0.4 is 5.32 Å². The van der Waals surface area contributed by atoms with E-state index in [0.29, 0.717) is 0 Å². The standard InChI is InChI=1S/C13H28N2.ClH/c1-5-15(12(4)11(2)3)10-13-6-8-14-9-7-13;/h11-14H,5-10H2,1-4H3;1H. The van der Waals surface area contributed by atoms with Crippen LogP contribution in [0.1, 0.15) is 40.5 Å². The van der Waals surface area contributed by atoms with Gasteiger partial charge in [-0.3, -0.25) is 0 Å². The fraction of sp³-hybridized carbons (Fsp3) is 1.00. The Labute approximate surface area is 108 Å². The third-order valence-electron chi connectivity index (χ3n) is 3.90. The van der Waals surface area contributed by atoms with Gasteiger partial charge in [-0.25, -0.2) is 0 Å². The molecular weight excluding hydrogens is 220 g/mol. The van der Waals surface area contributed by atoms with Gasteiger partial charge in [-0.15, -0.1) is 12.4 Å². The number of rotatable bonds is 5. The van der Waals surface area contributed by atoms with Crippen LogP contribution in [0.25, 0.3) is 0 Å². The third-order valence-corrected chi connectivity index (χ3v) is 3.90. The van der Waals surface area contributed by atoms with E-state index >= 15 is 0 Å². The quantitative estimate of drug-likeness (QED) is 0.805. The summed E-state index contributed by atoms with van der Waals surface area (Å²) in [7, 11) is 0. The molecule has 0 saturated carbocycles. The van der Waals surface area contributed by atoms with E-state index in [1.807, 2.05) is 0 Å². The Morgan fingerprint density at radius 3 is 2.19 bits per heavy atom. The molecule has 0 amide bonds. The van der Waals surface area contributed by atoms with Gasteiger partial charge < -0.3 is 10.2 Å². The highest BCUT2D eigenvalue weighted by atomic mass is 35.5. The van der Waals surface area contributed by atoms with Crippen molar-refractivity contribution < 1.29 is 0 Å². The molecule has 1 unspecified atom stereocenters. The van der Waals surface area contributed by atoms with Gasteiger partial charge in [0.15, 0.2) is 0 Å². The van der Waals surface area contributed by atoms with Crippen LogP contribution in [0.2, 0.25) is 0 Å². The van der Waals surface area contributed by atoms with Crippen molar-refractivity contribution in [1.29, 1.82) is 0 Å². The van der Waals surface area contributed by atoms with Crippen LogP contribution in [0, 0.1) is 11.8 Å². The van der Waals surface area contributed by atoms with E-state index in [-0.39, 0.29) is 12.4 Å². The summed E-state index contributed by atoms with van der Waals surface area (Å²) in [4.78, 5) is 2.65. The number of hydrogen-bond donors (Lipinski definition) is 1. The number of nitrogens with zero attached hydrogens (tertiary/aromatic N) is 1. The molecule has 0 bridgehead atoms. The first-order valence-corrected chi connectivity index (χ1v) is 6.59. The van der Waals surface area contributed by atoms with Crippen molar-refractivity contribution in [2.24, 2.45) is 11.8 Å². The molecule has 1 atom stereocenters. The molecule has 0 aliphatic carbocycles. The van der Waals surface area contributed by atoms with E-state index < -0.39 is 0 Å². The Morgan fingerprint density at radius 2 is 1.75 bits per heavy atom. The molecule has 98 valence electrons. The average molecular weight is 249 g/mol. The molecule has 3 heteroatoms. The summed E-state index contributed by atoms with van der Waals surface area (Å²) < 4.78 is 0. The summed E-state index contributed by atoms with van der Waals surface area (Å²) in [6.07, 6.45) is 2.72. The van der Waals surface area contributed by atoms with Gasteiger partial charge in [0.2, 0.25) is 0 Å². The second kappa shape index (κ2) is 8.32. The molecule has 16 heavy (non-hydrogen) atoms. The molecule has 1 aliphatic rings. The Morgan fingerprint density at radius 1 is 1.19 bits per heavy atom. The molecule has 1 saturated heterocycles. The van der Waals surface area contributed by atoms with Crippen molar-refractivity contribution in [3.8, 4) is 0 Å². The van der Waals surface area contributed by atoms with Gasteiger partial charge in [0, 0.05) is 12.6 Å². The maximum absolute atomic E-state index is 3.44. The summed E-state index contributed by atoms with van der Waals surface area (Å²) in [6, 6.07) is 0.727. The van der Waals surface area contributed by atoms with Crippen molar-refractivity contribution in [3.05, 3.63) is 0 Å². The zero-order valence-electron chi connectivity index (χ0n) is 11.3. The Balaban J connectivity index is 0.00000225. The fourth-order valence-electron chi connectivity index (χ4n) is 2.40. The summed E-state index contributed by atoms with van der Waals surface area (Å²) in [5.74, 6) is 1.69. The highest BCUT2D eigenvalue weighted by Crippen LogP contribution is 2.17. The third kappa shape index (κ3) is 5.03. The maximum atomic E-state index is 3.44. The van der Waals surface area contributed by atoms with E-state index in [1.54, 1.807) is 0 Å². The molecule has 0 aromatic rings. The highest BCUT2D eigenvalue weighted by molar-refractivity contribution is 5.85. The van der Waals surface area contributed by atoms with Gasteiger partial charge >= 0.3 is 0 Å². The summed E-state index contributed by atoms with van der Waals surface area (Å²) in [5, 5.41) is 3.44. The predicted octanol–water partition coefficient (Wildman–Crippen LogP) is 2.77. The normalized spacial score (nSPS) is 19.9. The van der Waals surface area contributed by atoms with E-state index in [0.717, 1.165) is 17.9 Å². The smallest absolute Gasteiger partial charge is 0.00899 e. The van der Waals surface area contributed by atoms with Crippen LogP contribution in [0.5, 0.6) is 0 Å². The Kier molecular flexibility index (Phi) is 8.43. The van der Waals surface area contributed by atoms with Crippen molar-refractivity contribution in [1.82, 2.24) is 10.2 Å². The lowest BCUT2D eigenvalue weighted by atomic mass is 9.95. The molecular formula is C13H29ClN2. The lowest BCUT2D eigenvalue weighted by Crippen LogP contribution is -2.42. The van der Waals surface area contributed by atoms with Crippen molar-refractivity contribution in [3.63, 3.8) is 0 Å². The molecule has 0 aromatic carbocycles. The molecule has 0 radical (unpaired) electrons. The summed E-state index contributed by atoms with van der Waals surface area (Å²) in [5.41, 5.74) is 0. The first-order valence-electron chi connectivity index (χ1n) is 6.59. The number of nitrogens with one attached hydrogen (secondary N) is 1. The largest absolute Gasteiger partial charge is 0.317 e. The maximum Gasteiger partial charge on any atom is 0.00899 e. The van der Waals surface area contributed by atoms with Gasteiger partial charge in [-0.2, -0.15) is 0 Å². The monoisotopic (exact) mass is 248 g/mol. The number of hydrogen-bond acceptors (Lipinski definition) is 2. The summed E-state index contributed by atoms with van der Waals surface area (Å²) in [6.45, 7) is 14.3. The zero-order valence-corrected chi connectivity index (χ0v) is 12.1. The molecule has 1 N–H and O–H groups in total. The van der Waals surface area contributed by atoms with Crippen LogP contribution in [0.3, 0.4) is 0 Å². The zero-order chi connectivity index (χ0) is 11.3. The van der Waals surface area contributed by atoms with Crippen LogP contribution in [-0.4, -0.2) is 37.1 Å². The van der Waals surface area contributed by atoms with Crippen molar-refractivity contribution in [2.75, 3.05) is 26.2 Å². The van der Waals surface area contributed by atoms with Crippen molar-refractivity contribution in [2.45, 2.75) is 46.6 Å². The van der Waals surface area contributed by atoms with Gasteiger partial charge in [0.05, 0.1) is 0 Å².